The predicted molar refractivity (Wildman–Crippen MR) is 90.1 cm³/mol. The van der Waals surface area contributed by atoms with Gasteiger partial charge in [-0.3, -0.25) is 4.98 Å². The molecule has 0 bridgehead atoms. The van der Waals surface area contributed by atoms with Crippen LogP contribution in [0.25, 0.3) is 10.9 Å². The number of benzene rings is 2. The van der Waals surface area contributed by atoms with Gasteiger partial charge in [0, 0.05) is 27.5 Å². The quantitative estimate of drug-likeness (QED) is 0.610. The Labute approximate surface area is 145 Å². The van der Waals surface area contributed by atoms with Gasteiger partial charge >= 0.3 is 6.18 Å². The van der Waals surface area contributed by atoms with Gasteiger partial charge in [-0.15, -0.1) is 0 Å². The molecule has 2 aromatic carbocycles. The van der Waals surface area contributed by atoms with E-state index >= 15 is 0 Å². The lowest BCUT2D eigenvalue weighted by atomic mass is 9.99. The summed E-state index contributed by atoms with van der Waals surface area (Å²) >= 11 is 3.36. The highest BCUT2D eigenvalue weighted by molar-refractivity contribution is 9.10. The molecular weight excluding hydrogens is 383 g/mol. The van der Waals surface area contributed by atoms with Gasteiger partial charge in [-0.1, -0.05) is 28.1 Å². The molecule has 0 saturated heterocycles. The maximum absolute atomic E-state index is 12.6. The lowest BCUT2D eigenvalue weighted by Crippen LogP contribution is -2.04. The van der Waals surface area contributed by atoms with E-state index in [2.05, 4.69) is 20.9 Å². The van der Waals surface area contributed by atoms with Crippen molar-refractivity contribution in [2.24, 2.45) is 0 Å². The van der Waals surface area contributed by atoms with Gasteiger partial charge in [-0.05, 0) is 42.8 Å². The van der Waals surface area contributed by atoms with Gasteiger partial charge in [0.25, 0.3) is 0 Å². The minimum absolute atomic E-state index is 0.110. The molecule has 0 amide bonds. The van der Waals surface area contributed by atoms with Crippen LogP contribution < -0.4 is 0 Å². The summed E-state index contributed by atoms with van der Waals surface area (Å²) in [4.78, 5) is 4.47. The molecule has 124 valence electrons. The molecule has 0 atom stereocenters. The second kappa shape index (κ2) is 6.09. The van der Waals surface area contributed by atoms with Crippen LogP contribution >= 0.6 is 15.9 Å². The van der Waals surface area contributed by atoms with Crippen molar-refractivity contribution in [1.29, 1.82) is 0 Å². The summed E-state index contributed by atoms with van der Waals surface area (Å²) < 4.78 is 38.7. The first-order chi connectivity index (χ1) is 11.3. The van der Waals surface area contributed by atoms with E-state index in [1.807, 2.05) is 6.07 Å². The van der Waals surface area contributed by atoms with Crippen molar-refractivity contribution in [1.82, 2.24) is 4.98 Å². The average Bonchev–Trinajstić information content (AvgIpc) is 2.52. The molecule has 24 heavy (non-hydrogen) atoms. The van der Waals surface area contributed by atoms with Gasteiger partial charge in [-0.25, -0.2) is 0 Å². The van der Waals surface area contributed by atoms with Crippen molar-refractivity contribution in [3.8, 4) is 5.75 Å². The summed E-state index contributed by atoms with van der Waals surface area (Å²) in [7, 11) is 0. The fourth-order valence-corrected chi connectivity index (χ4v) is 2.97. The third kappa shape index (κ3) is 3.24. The van der Waals surface area contributed by atoms with E-state index in [1.54, 1.807) is 19.1 Å². The van der Waals surface area contributed by atoms with E-state index in [1.165, 1.54) is 12.1 Å². The number of hydrogen-bond donors (Lipinski definition) is 1. The Balaban J connectivity index is 2.01. The van der Waals surface area contributed by atoms with E-state index in [-0.39, 0.29) is 5.75 Å². The zero-order valence-electron chi connectivity index (χ0n) is 12.7. The van der Waals surface area contributed by atoms with Crippen molar-refractivity contribution < 1.29 is 18.3 Å². The number of fused-ring (bicyclic) bond motifs is 1. The second-order valence-corrected chi connectivity index (χ2v) is 6.47. The van der Waals surface area contributed by atoms with Crippen LogP contribution in [-0.4, -0.2) is 10.1 Å². The third-order valence-corrected chi connectivity index (χ3v) is 4.38. The van der Waals surface area contributed by atoms with E-state index in [9.17, 15) is 18.3 Å². The lowest BCUT2D eigenvalue weighted by molar-refractivity contribution is -0.137. The molecule has 1 N–H and O–H groups in total. The van der Waals surface area contributed by atoms with E-state index in [0.29, 0.717) is 34.1 Å². The van der Waals surface area contributed by atoms with Crippen LogP contribution in [-0.2, 0) is 12.6 Å². The number of hydrogen-bond acceptors (Lipinski definition) is 2. The number of halogens is 4. The number of aromatic nitrogens is 1. The SMILES string of the molecule is Cc1nc2ccc(Br)cc2c(O)c1Cc1ccc(C(F)(F)F)cc1. The summed E-state index contributed by atoms with van der Waals surface area (Å²) in [6.07, 6.45) is -4.04. The smallest absolute Gasteiger partial charge is 0.416 e. The molecule has 0 radical (unpaired) electrons. The molecule has 3 aromatic rings. The number of pyridine rings is 1. The molecule has 0 aliphatic carbocycles. The molecule has 0 spiro atoms. The van der Waals surface area contributed by atoms with Gasteiger partial charge in [0.15, 0.2) is 0 Å². The van der Waals surface area contributed by atoms with Crippen LogP contribution in [0.2, 0.25) is 0 Å². The summed E-state index contributed by atoms with van der Waals surface area (Å²) in [5, 5.41) is 11.2. The average molecular weight is 396 g/mol. The Bertz CT molecular complexity index is 905. The molecule has 0 saturated carbocycles. The van der Waals surface area contributed by atoms with Crippen LogP contribution in [0.5, 0.6) is 5.75 Å². The fourth-order valence-electron chi connectivity index (χ4n) is 2.60. The van der Waals surface area contributed by atoms with Gasteiger partial charge < -0.3 is 5.11 Å². The van der Waals surface area contributed by atoms with Crippen molar-refractivity contribution in [2.75, 3.05) is 0 Å². The van der Waals surface area contributed by atoms with Crippen LogP contribution in [0.3, 0.4) is 0 Å². The minimum Gasteiger partial charge on any atom is -0.507 e. The maximum atomic E-state index is 12.6. The molecule has 0 fully saturated rings. The topological polar surface area (TPSA) is 33.1 Å². The zero-order valence-corrected chi connectivity index (χ0v) is 14.2. The normalized spacial score (nSPS) is 11.9. The Kier molecular flexibility index (Phi) is 4.25. The summed E-state index contributed by atoms with van der Waals surface area (Å²) in [5.41, 5.74) is 1.93. The van der Waals surface area contributed by atoms with Crippen LogP contribution in [0.1, 0.15) is 22.4 Å². The fraction of sp³-hybridized carbons (Fsp3) is 0.167. The first-order valence-corrected chi connectivity index (χ1v) is 7.99. The zero-order chi connectivity index (χ0) is 17.5. The molecule has 2 nitrogen and oxygen atoms in total. The molecular formula is C18H13BrF3NO. The Hall–Kier alpha value is -2.08. The largest absolute Gasteiger partial charge is 0.507 e. The third-order valence-electron chi connectivity index (χ3n) is 3.89. The highest BCUT2D eigenvalue weighted by Crippen LogP contribution is 2.34. The van der Waals surface area contributed by atoms with E-state index in [0.717, 1.165) is 16.6 Å². The lowest BCUT2D eigenvalue weighted by Gasteiger charge is -2.12. The highest BCUT2D eigenvalue weighted by atomic mass is 79.9. The molecule has 0 unspecified atom stereocenters. The number of aromatic hydroxyl groups is 1. The summed E-state index contributed by atoms with van der Waals surface area (Å²) in [5.74, 6) is 0.110. The second-order valence-electron chi connectivity index (χ2n) is 5.56. The Morgan fingerprint density at radius 3 is 2.38 bits per heavy atom. The molecule has 6 heteroatoms. The Morgan fingerprint density at radius 1 is 1.08 bits per heavy atom. The van der Waals surface area contributed by atoms with Crippen LogP contribution in [0.4, 0.5) is 13.2 Å². The summed E-state index contributed by atoms with van der Waals surface area (Å²) in [6, 6.07) is 10.4. The van der Waals surface area contributed by atoms with Crippen molar-refractivity contribution in [3.63, 3.8) is 0 Å². The predicted octanol–water partition coefficient (Wildman–Crippen LogP) is 5.62. The highest BCUT2D eigenvalue weighted by Gasteiger charge is 2.30. The number of aryl methyl sites for hydroxylation is 1. The molecule has 0 aliphatic heterocycles. The maximum Gasteiger partial charge on any atom is 0.416 e. The number of nitrogens with zero attached hydrogens (tertiary/aromatic N) is 1. The van der Waals surface area contributed by atoms with Crippen LogP contribution in [0.15, 0.2) is 46.9 Å². The van der Waals surface area contributed by atoms with Gasteiger partial charge in [0.05, 0.1) is 11.1 Å². The number of rotatable bonds is 2. The van der Waals surface area contributed by atoms with Crippen molar-refractivity contribution in [2.45, 2.75) is 19.5 Å². The monoisotopic (exact) mass is 395 g/mol. The summed E-state index contributed by atoms with van der Waals surface area (Å²) in [6.45, 7) is 1.78. The molecule has 1 aromatic heterocycles. The minimum atomic E-state index is -4.35. The van der Waals surface area contributed by atoms with E-state index in [4.69, 9.17) is 0 Å². The van der Waals surface area contributed by atoms with Crippen molar-refractivity contribution in [3.05, 3.63) is 69.3 Å². The van der Waals surface area contributed by atoms with E-state index < -0.39 is 11.7 Å². The Morgan fingerprint density at radius 2 is 1.75 bits per heavy atom. The first kappa shape index (κ1) is 16.8. The van der Waals surface area contributed by atoms with Gasteiger partial charge in [-0.2, -0.15) is 13.2 Å². The number of alkyl halides is 3. The van der Waals surface area contributed by atoms with Gasteiger partial charge in [0.1, 0.15) is 5.75 Å². The van der Waals surface area contributed by atoms with Crippen molar-refractivity contribution >= 4 is 26.8 Å². The van der Waals surface area contributed by atoms with Gasteiger partial charge in [0.2, 0.25) is 0 Å². The molecule has 1 heterocycles. The standard InChI is InChI=1S/C18H13BrF3NO/c1-10-14(8-11-2-4-12(5-3-11)18(20,21)22)17(24)15-9-13(19)6-7-16(15)23-10/h2-7,9H,8H2,1H3,(H,23,24). The van der Waals surface area contributed by atoms with Crippen LogP contribution in [0, 0.1) is 6.92 Å². The molecule has 3 rings (SSSR count). The molecule has 0 aliphatic rings. The first-order valence-electron chi connectivity index (χ1n) is 7.19.